The van der Waals surface area contributed by atoms with Crippen LogP contribution in [-0.2, 0) is 11.4 Å². The maximum absolute atomic E-state index is 13.4. The van der Waals surface area contributed by atoms with Gasteiger partial charge in [0.25, 0.3) is 0 Å². The second-order valence-corrected chi connectivity index (χ2v) is 11.2. The van der Waals surface area contributed by atoms with Gasteiger partial charge in [-0.3, -0.25) is 9.59 Å². The first-order valence-electron chi connectivity index (χ1n) is 14.2. The lowest BCUT2D eigenvalue weighted by molar-refractivity contribution is -0.135. The molecule has 0 spiro atoms. The van der Waals surface area contributed by atoms with E-state index >= 15 is 0 Å². The van der Waals surface area contributed by atoms with Crippen molar-refractivity contribution < 1.29 is 43.8 Å². The number of ether oxygens (including phenoxy) is 3. The summed E-state index contributed by atoms with van der Waals surface area (Å²) in [5.41, 5.74) is 2.12. The van der Waals surface area contributed by atoms with Crippen molar-refractivity contribution in [1.82, 2.24) is 0 Å². The normalized spacial score (nSPS) is 14.3. The van der Waals surface area contributed by atoms with Crippen LogP contribution >= 0.6 is 0 Å². The lowest BCUT2D eigenvalue weighted by Gasteiger charge is -2.26. The number of fused-ring (bicyclic) bond motifs is 3. The van der Waals surface area contributed by atoms with Gasteiger partial charge in [-0.25, -0.2) is 0 Å². The molecule has 1 aromatic heterocycles. The number of phenols is 3. The van der Waals surface area contributed by atoms with Gasteiger partial charge >= 0.3 is 5.97 Å². The Kier molecular flexibility index (Phi) is 7.49. The Hall–Kier alpha value is -5.64. The van der Waals surface area contributed by atoms with Crippen LogP contribution in [0, 0.1) is 0 Å². The lowest BCUT2D eigenvalue weighted by atomic mass is 9.85. The average Bonchev–Trinajstić information content (AvgIpc) is 3.02. The molecule has 0 saturated carbocycles. The molecular formula is C35H30O10. The number of esters is 1. The number of methoxy groups -OCH3 is 1. The molecule has 1 aliphatic heterocycles. The van der Waals surface area contributed by atoms with Gasteiger partial charge in [-0.1, -0.05) is 44.2 Å². The molecule has 0 amide bonds. The number of hydrogen-bond acceptors (Lipinski definition) is 10. The third-order valence-electron chi connectivity index (χ3n) is 7.93. The minimum Gasteiger partial charge on any atom is -0.507 e. The second kappa shape index (κ2) is 11.5. The quantitative estimate of drug-likeness (QED) is 0.0919. The summed E-state index contributed by atoms with van der Waals surface area (Å²) in [5.74, 6) is -2.59. The highest BCUT2D eigenvalue weighted by Crippen LogP contribution is 2.48. The smallest absolute Gasteiger partial charge is 0.312 e. The van der Waals surface area contributed by atoms with E-state index in [1.807, 2.05) is 12.1 Å². The minimum atomic E-state index is -0.933. The molecule has 4 N–H and O–H groups in total. The molecule has 1 atom stereocenters. The van der Waals surface area contributed by atoms with E-state index in [2.05, 4.69) is 26.0 Å². The first-order valence-corrected chi connectivity index (χ1v) is 14.2. The molecule has 0 aliphatic carbocycles. The largest absolute Gasteiger partial charge is 0.507 e. The summed E-state index contributed by atoms with van der Waals surface area (Å²) in [6, 6.07) is 18.1. The van der Waals surface area contributed by atoms with Gasteiger partial charge in [0.2, 0.25) is 11.2 Å². The third-order valence-corrected chi connectivity index (χ3v) is 7.93. The van der Waals surface area contributed by atoms with Crippen molar-refractivity contribution in [3.05, 3.63) is 99.2 Å². The maximum atomic E-state index is 13.4. The van der Waals surface area contributed by atoms with Crippen LogP contribution in [0.15, 0.2) is 75.9 Å². The molecule has 45 heavy (non-hydrogen) atoms. The number of carbonyl (C=O) groups is 1. The zero-order valence-electron chi connectivity index (χ0n) is 24.7. The van der Waals surface area contributed by atoms with Crippen molar-refractivity contribution in [2.45, 2.75) is 38.7 Å². The van der Waals surface area contributed by atoms with Crippen LogP contribution in [0.4, 0.5) is 0 Å². The first-order chi connectivity index (χ1) is 21.5. The molecule has 10 nitrogen and oxygen atoms in total. The number of carbonyl (C=O) groups excluding carboxylic acids is 1. The highest BCUT2D eigenvalue weighted by molar-refractivity contribution is 5.94. The van der Waals surface area contributed by atoms with Gasteiger partial charge in [0.15, 0.2) is 28.8 Å². The van der Waals surface area contributed by atoms with Gasteiger partial charge < -0.3 is 39.1 Å². The summed E-state index contributed by atoms with van der Waals surface area (Å²) in [5, 5.41) is 41.0. The second-order valence-electron chi connectivity index (χ2n) is 11.2. The zero-order chi connectivity index (χ0) is 32.0. The van der Waals surface area contributed by atoms with Crippen molar-refractivity contribution >= 4 is 16.9 Å². The van der Waals surface area contributed by atoms with Gasteiger partial charge in [0, 0.05) is 23.1 Å². The van der Waals surface area contributed by atoms with E-state index < -0.39 is 40.3 Å². The molecule has 6 rings (SSSR count). The molecule has 230 valence electrons. The first kappa shape index (κ1) is 29.4. The Balaban J connectivity index is 1.47. The van der Waals surface area contributed by atoms with E-state index in [0.29, 0.717) is 28.5 Å². The van der Waals surface area contributed by atoms with E-state index in [-0.39, 0.29) is 41.1 Å². The molecule has 2 heterocycles. The van der Waals surface area contributed by atoms with Gasteiger partial charge in [-0.15, -0.1) is 0 Å². The topological polar surface area (TPSA) is 156 Å². The summed E-state index contributed by atoms with van der Waals surface area (Å²) >= 11 is 0. The Morgan fingerprint density at radius 1 is 0.867 bits per heavy atom. The molecule has 1 aliphatic rings. The predicted octanol–water partition coefficient (Wildman–Crippen LogP) is 6.43. The number of benzene rings is 4. The van der Waals surface area contributed by atoms with E-state index in [4.69, 9.17) is 18.6 Å². The van der Waals surface area contributed by atoms with Gasteiger partial charge in [0.05, 0.1) is 13.5 Å². The van der Waals surface area contributed by atoms with E-state index in [0.717, 1.165) is 17.7 Å². The Bertz CT molecular complexity index is 2010. The van der Waals surface area contributed by atoms with Crippen LogP contribution in [-0.4, -0.2) is 33.5 Å². The fourth-order valence-electron chi connectivity index (χ4n) is 5.51. The summed E-state index contributed by atoms with van der Waals surface area (Å²) in [6.45, 7) is 4.51. The van der Waals surface area contributed by atoms with Crippen molar-refractivity contribution in [2.75, 3.05) is 7.11 Å². The van der Waals surface area contributed by atoms with E-state index in [1.165, 1.54) is 24.8 Å². The fourth-order valence-corrected chi connectivity index (χ4v) is 5.51. The Morgan fingerprint density at radius 3 is 2.31 bits per heavy atom. The van der Waals surface area contributed by atoms with Crippen LogP contribution in [0.3, 0.4) is 0 Å². The van der Waals surface area contributed by atoms with Gasteiger partial charge in [0.1, 0.15) is 29.1 Å². The minimum absolute atomic E-state index is 0.0156. The molecule has 0 radical (unpaired) electrons. The third kappa shape index (κ3) is 5.35. The van der Waals surface area contributed by atoms with Crippen molar-refractivity contribution in [3.8, 4) is 51.6 Å². The standard InChI is InChI=1S/C35H30O10/c1-17(2)19-6-4-18(5-7-19)16-43-27-13-20(9-11-26(27)42-3)22-14-29(39)44-28-15-25(38)31-32(40)33(41)34(45-35(31)30(22)28)21-8-10-23(36)24(37)12-21/h4-13,15,17,22,36-38,41H,14,16H2,1-3H3/t22-/m1/s1. The van der Waals surface area contributed by atoms with Gasteiger partial charge in [-0.2, -0.15) is 0 Å². The lowest BCUT2D eigenvalue weighted by Crippen LogP contribution is -2.22. The summed E-state index contributed by atoms with van der Waals surface area (Å²) < 4.78 is 23.3. The molecule has 10 heteroatoms. The van der Waals surface area contributed by atoms with Crippen molar-refractivity contribution in [1.29, 1.82) is 0 Å². The van der Waals surface area contributed by atoms with Crippen LogP contribution in [0.2, 0.25) is 0 Å². The number of rotatable bonds is 7. The van der Waals surface area contributed by atoms with Gasteiger partial charge in [-0.05, 0) is 52.9 Å². The maximum Gasteiger partial charge on any atom is 0.312 e. The number of hydrogen-bond donors (Lipinski definition) is 4. The molecule has 0 bridgehead atoms. The van der Waals surface area contributed by atoms with Crippen LogP contribution in [0.25, 0.3) is 22.3 Å². The van der Waals surface area contributed by atoms with Crippen LogP contribution in [0.1, 0.15) is 54.4 Å². The van der Waals surface area contributed by atoms with Crippen molar-refractivity contribution in [2.24, 2.45) is 0 Å². The molecule has 0 fully saturated rings. The average molecular weight is 611 g/mol. The van der Waals surface area contributed by atoms with Crippen LogP contribution < -0.4 is 19.6 Å². The number of phenolic OH excluding ortho intramolecular Hbond substituents is 3. The SMILES string of the molecule is COc1ccc([C@H]2CC(=O)Oc3cc(O)c4c(=O)c(O)c(-c5ccc(O)c(O)c5)oc4c32)cc1OCc1ccc(C(C)C)cc1. The summed E-state index contributed by atoms with van der Waals surface area (Å²) in [7, 11) is 1.52. The van der Waals surface area contributed by atoms with Crippen molar-refractivity contribution in [3.63, 3.8) is 0 Å². The number of aromatic hydroxyl groups is 4. The monoisotopic (exact) mass is 610 g/mol. The fraction of sp³-hybridized carbons (Fsp3) is 0.200. The van der Waals surface area contributed by atoms with Crippen LogP contribution in [0.5, 0.6) is 40.2 Å². The molecule has 0 saturated heterocycles. The van der Waals surface area contributed by atoms with E-state index in [9.17, 15) is 30.0 Å². The summed E-state index contributed by atoms with van der Waals surface area (Å²) in [6.07, 6.45) is -0.130. The Morgan fingerprint density at radius 2 is 1.62 bits per heavy atom. The molecule has 5 aromatic rings. The summed E-state index contributed by atoms with van der Waals surface area (Å²) in [4.78, 5) is 26.2. The Labute approximate surface area is 257 Å². The molecule has 4 aromatic carbocycles. The predicted molar refractivity (Wildman–Crippen MR) is 165 cm³/mol. The highest BCUT2D eigenvalue weighted by Gasteiger charge is 2.35. The molecular weight excluding hydrogens is 580 g/mol. The zero-order valence-corrected chi connectivity index (χ0v) is 24.7. The van der Waals surface area contributed by atoms with E-state index in [1.54, 1.807) is 18.2 Å². The molecule has 0 unspecified atom stereocenters. The highest BCUT2D eigenvalue weighted by atomic mass is 16.5.